The molecular weight excluding hydrogens is 296 g/mol. The third kappa shape index (κ3) is 3.90. The molecule has 2 atom stereocenters. The first kappa shape index (κ1) is 16.0. The lowest BCUT2D eigenvalue weighted by Gasteiger charge is -2.32. The number of likely N-dealkylation sites (tertiary alicyclic amines) is 1. The van der Waals surface area contributed by atoms with Crippen molar-refractivity contribution in [1.82, 2.24) is 20.7 Å². The zero-order chi connectivity index (χ0) is 16.2. The Kier molecular flexibility index (Phi) is 4.95. The molecule has 7 nitrogen and oxygen atoms in total. The van der Waals surface area contributed by atoms with Crippen molar-refractivity contribution >= 4 is 11.8 Å². The van der Waals surface area contributed by atoms with Gasteiger partial charge in [0.15, 0.2) is 5.69 Å². The summed E-state index contributed by atoms with van der Waals surface area (Å²) in [5.74, 6) is 0.928. The van der Waals surface area contributed by atoms with Gasteiger partial charge in [-0.15, -0.1) is 0 Å². The molecule has 1 aromatic rings. The Morgan fingerprint density at radius 3 is 3.00 bits per heavy atom. The van der Waals surface area contributed by atoms with Crippen molar-refractivity contribution in [1.29, 1.82) is 0 Å². The van der Waals surface area contributed by atoms with E-state index in [2.05, 4.69) is 15.8 Å². The van der Waals surface area contributed by atoms with Crippen molar-refractivity contribution in [2.75, 3.05) is 26.2 Å². The molecule has 126 valence electrons. The van der Waals surface area contributed by atoms with Gasteiger partial charge in [0.25, 0.3) is 5.91 Å². The van der Waals surface area contributed by atoms with E-state index in [4.69, 9.17) is 4.52 Å². The highest BCUT2D eigenvalue weighted by molar-refractivity contribution is 5.92. The molecule has 2 aliphatic rings. The van der Waals surface area contributed by atoms with Crippen LogP contribution in [0.2, 0.25) is 0 Å². The number of aryl methyl sites for hydroxylation is 1. The monoisotopic (exact) mass is 320 g/mol. The van der Waals surface area contributed by atoms with E-state index < -0.39 is 0 Å². The molecule has 0 aliphatic carbocycles. The van der Waals surface area contributed by atoms with Gasteiger partial charge in [0.1, 0.15) is 5.76 Å². The van der Waals surface area contributed by atoms with Crippen molar-refractivity contribution in [2.45, 2.75) is 38.6 Å². The molecule has 0 bridgehead atoms. The second-order valence-electron chi connectivity index (χ2n) is 6.48. The number of carbonyl (C=O) groups excluding carboxylic acids is 2. The fourth-order valence-corrected chi connectivity index (χ4v) is 3.32. The van der Waals surface area contributed by atoms with Crippen molar-refractivity contribution in [3.05, 3.63) is 17.5 Å². The van der Waals surface area contributed by atoms with Gasteiger partial charge in [-0.3, -0.25) is 9.59 Å². The van der Waals surface area contributed by atoms with Crippen LogP contribution in [0.1, 0.15) is 41.9 Å². The highest BCUT2D eigenvalue weighted by Gasteiger charge is 2.27. The lowest BCUT2D eigenvalue weighted by Crippen LogP contribution is -2.46. The van der Waals surface area contributed by atoms with Crippen molar-refractivity contribution in [3.63, 3.8) is 0 Å². The second-order valence-corrected chi connectivity index (χ2v) is 6.48. The van der Waals surface area contributed by atoms with Gasteiger partial charge in [0, 0.05) is 25.7 Å². The molecule has 0 aromatic carbocycles. The van der Waals surface area contributed by atoms with Crippen LogP contribution in [0.4, 0.5) is 0 Å². The first-order valence-corrected chi connectivity index (χ1v) is 8.37. The van der Waals surface area contributed by atoms with E-state index in [0.29, 0.717) is 30.5 Å². The molecule has 3 heterocycles. The quantitative estimate of drug-likeness (QED) is 0.853. The number of amides is 2. The Hall–Kier alpha value is -1.89. The lowest BCUT2D eigenvalue weighted by atomic mass is 9.97. The Balaban J connectivity index is 1.49. The average molecular weight is 320 g/mol. The van der Waals surface area contributed by atoms with Gasteiger partial charge in [-0.2, -0.15) is 0 Å². The number of aromatic nitrogens is 1. The van der Waals surface area contributed by atoms with Crippen LogP contribution in [0.25, 0.3) is 0 Å². The summed E-state index contributed by atoms with van der Waals surface area (Å²) in [7, 11) is 0. The molecule has 2 fully saturated rings. The largest absolute Gasteiger partial charge is 0.361 e. The molecule has 3 rings (SSSR count). The smallest absolute Gasteiger partial charge is 0.276 e. The predicted molar refractivity (Wildman–Crippen MR) is 83.9 cm³/mol. The maximum absolute atomic E-state index is 12.4. The molecule has 0 saturated carbocycles. The van der Waals surface area contributed by atoms with Gasteiger partial charge >= 0.3 is 0 Å². The van der Waals surface area contributed by atoms with E-state index >= 15 is 0 Å². The molecule has 23 heavy (non-hydrogen) atoms. The first-order chi connectivity index (χ1) is 11.1. The van der Waals surface area contributed by atoms with E-state index in [9.17, 15) is 9.59 Å². The van der Waals surface area contributed by atoms with Gasteiger partial charge < -0.3 is 20.1 Å². The van der Waals surface area contributed by atoms with Crippen LogP contribution in [0.5, 0.6) is 0 Å². The maximum Gasteiger partial charge on any atom is 0.276 e. The van der Waals surface area contributed by atoms with Crippen molar-refractivity contribution in [3.8, 4) is 0 Å². The van der Waals surface area contributed by atoms with Crippen LogP contribution in [0.3, 0.4) is 0 Å². The number of hydrogen-bond donors (Lipinski definition) is 2. The second kappa shape index (κ2) is 7.12. The highest BCUT2D eigenvalue weighted by atomic mass is 16.5. The number of piperidine rings is 1. The van der Waals surface area contributed by atoms with Crippen LogP contribution < -0.4 is 10.6 Å². The minimum atomic E-state index is -0.0877. The van der Waals surface area contributed by atoms with E-state index in [1.165, 1.54) is 0 Å². The number of hydrogen-bond acceptors (Lipinski definition) is 5. The summed E-state index contributed by atoms with van der Waals surface area (Å²) in [6.45, 7) is 4.71. The summed E-state index contributed by atoms with van der Waals surface area (Å²) in [5.41, 5.74) is 0.363. The SMILES string of the molecule is Cc1cc(C(=O)N2CCCC(CNC(=O)C3CCCN3)C2)no1. The van der Waals surface area contributed by atoms with Crippen molar-refractivity contribution in [2.24, 2.45) is 5.92 Å². The van der Waals surface area contributed by atoms with Gasteiger partial charge in [-0.1, -0.05) is 5.16 Å². The fourth-order valence-electron chi connectivity index (χ4n) is 3.32. The van der Waals surface area contributed by atoms with Crippen LogP contribution in [0, 0.1) is 12.8 Å². The summed E-state index contributed by atoms with van der Waals surface area (Å²) in [6, 6.07) is 1.62. The minimum Gasteiger partial charge on any atom is -0.361 e. The molecule has 2 unspecified atom stereocenters. The molecule has 2 aliphatic heterocycles. The summed E-state index contributed by atoms with van der Waals surface area (Å²) in [5, 5.41) is 10.0. The number of nitrogens with one attached hydrogen (secondary N) is 2. The first-order valence-electron chi connectivity index (χ1n) is 8.37. The van der Waals surface area contributed by atoms with Gasteiger partial charge in [-0.25, -0.2) is 0 Å². The van der Waals surface area contributed by atoms with Crippen LogP contribution in [-0.4, -0.2) is 54.1 Å². The Morgan fingerprint density at radius 1 is 1.43 bits per heavy atom. The topological polar surface area (TPSA) is 87.5 Å². The highest BCUT2D eigenvalue weighted by Crippen LogP contribution is 2.18. The number of carbonyl (C=O) groups is 2. The third-order valence-corrected chi connectivity index (χ3v) is 4.60. The summed E-state index contributed by atoms with van der Waals surface area (Å²) in [4.78, 5) is 26.3. The van der Waals surface area contributed by atoms with E-state index in [1.54, 1.807) is 13.0 Å². The van der Waals surface area contributed by atoms with Crippen molar-refractivity contribution < 1.29 is 14.1 Å². The predicted octanol–water partition coefficient (Wildman–Crippen LogP) is 0.703. The molecule has 2 saturated heterocycles. The third-order valence-electron chi connectivity index (χ3n) is 4.60. The van der Waals surface area contributed by atoms with Gasteiger partial charge in [0.05, 0.1) is 6.04 Å². The fraction of sp³-hybridized carbons (Fsp3) is 0.688. The standard InChI is InChI=1S/C16H24N4O3/c1-11-8-14(19-23-11)16(22)20-7-3-4-12(10-20)9-18-15(21)13-5-2-6-17-13/h8,12-13,17H,2-7,9-10H2,1H3,(H,18,21). The summed E-state index contributed by atoms with van der Waals surface area (Å²) in [6.07, 6.45) is 3.94. The molecule has 0 spiro atoms. The van der Waals surface area contributed by atoms with Crippen LogP contribution >= 0.6 is 0 Å². The zero-order valence-electron chi connectivity index (χ0n) is 13.5. The maximum atomic E-state index is 12.4. The minimum absolute atomic E-state index is 0.0468. The molecule has 2 amide bonds. The van der Waals surface area contributed by atoms with E-state index in [0.717, 1.165) is 38.8 Å². The number of nitrogens with zero attached hydrogens (tertiary/aromatic N) is 2. The Morgan fingerprint density at radius 2 is 2.30 bits per heavy atom. The molecule has 1 aromatic heterocycles. The zero-order valence-corrected chi connectivity index (χ0v) is 13.5. The Bertz CT molecular complexity index is 565. The van der Waals surface area contributed by atoms with Crippen LogP contribution in [-0.2, 0) is 4.79 Å². The lowest BCUT2D eigenvalue weighted by molar-refractivity contribution is -0.123. The van der Waals surface area contributed by atoms with Gasteiger partial charge in [0.2, 0.25) is 5.91 Å². The van der Waals surface area contributed by atoms with Gasteiger partial charge in [-0.05, 0) is 45.1 Å². The average Bonchev–Trinajstić information content (AvgIpc) is 3.24. The van der Waals surface area contributed by atoms with Crippen LogP contribution in [0.15, 0.2) is 10.6 Å². The normalized spacial score (nSPS) is 24.7. The van der Waals surface area contributed by atoms with E-state index in [1.807, 2.05) is 4.90 Å². The molecule has 7 heteroatoms. The van der Waals surface area contributed by atoms with E-state index in [-0.39, 0.29) is 17.9 Å². The molecular formula is C16H24N4O3. The Labute approximate surface area is 135 Å². The summed E-state index contributed by atoms with van der Waals surface area (Å²) >= 11 is 0. The molecule has 2 N–H and O–H groups in total. The molecule has 0 radical (unpaired) electrons. The summed E-state index contributed by atoms with van der Waals surface area (Å²) < 4.78 is 4.98. The number of rotatable bonds is 4.